The number of imidazole rings is 1. The molecule has 134 valence electrons. The van der Waals surface area contributed by atoms with Crippen LogP contribution in [0.15, 0.2) is 30.6 Å². The zero-order valence-electron chi connectivity index (χ0n) is 13.7. The van der Waals surface area contributed by atoms with E-state index in [1.807, 2.05) is 17.8 Å². The zero-order valence-corrected chi connectivity index (χ0v) is 13.7. The molecule has 0 saturated carbocycles. The average molecular weight is 351 g/mol. The van der Waals surface area contributed by atoms with E-state index >= 15 is 0 Å². The standard InChI is InChI=1S/C17H19F2N3O3/c1-22-6-5-21-16(22)15-12(4-7-23-15)10-20-9-11-2-3-13-14(8-11)25-17(18,19)24-13/h2-3,5-6,8,12,15,20H,4,7,9-10H2,1H3/t12-,15+/m0/s1. The first-order valence-electron chi connectivity index (χ1n) is 8.20. The second-order valence-corrected chi connectivity index (χ2v) is 6.32. The Morgan fingerprint density at radius 2 is 2.16 bits per heavy atom. The smallest absolute Gasteiger partial charge is 0.395 e. The predicted molar refractivity (Wildman–Crippen MR) is 84.4 cm³/mol. The molecule has 1 fully saturated rings. The molecule has 4 rings (SSSR count). The van der Waals surface area contributed by atoms with Crippen molar-refractivity contribution in [1.29, 1.82) is 0 Å². The number of nitrogens with zero attached hydrogens (tertiary/aromatic N) is 2. The minimum Gasteiger partial charge on any atom is -0.395 e. The summed E-state index contributed by atoms with van der Waals surface area (Å²) in [6, 6.07) is 4.82. The van der Waals surface area contributed by atoms with E-state index < -0.39 is 6.29 Å². The monoisotopic (exact) mass is 351 g/mol. The van der Waals surface area contributed by atoms with Gasteiger partial charge in [0, 0.05) is 45.1 Å². The number of ether oxygens (including phenoxy) is 3. The fourth-order valence-corrected chi connectivity index (χ4v) is 3.28. The van der Waals surface area contributed by atoms with Crippen LogP contribution in [0, 0.1) is 5.92 Å². The van der Waals surface area contributed by atoms with Crippen molar-refractivity contribution in [2.24, 2.45) is 13.0 Å². The first-order chi connectivity index (χ1) is 12.0. The van der Waals surface area contributed by atoms with Crippen LogP contribution in [-0.2, 0) is 18.3 Å². The second kappa shape index (κ2) is 6.27. The number of fused-ring (bicyclic) bond motifs is 1. The fraction of sp³-hybridized carbons (Fsp3) is 0.471. The first-order valence-corrected chi connectivity index (χ1v) is 8.20. The third kappa shape index (κ3) is 3.32. The molecule has 0 aliphatic carbocycles. The van der Waals surface area contributed by atoms with Crippen LogP contribution >= 0.6 is 0 Å². The highest BCUT2D eigenvalue weighted by atomic mass is 19.3. The van der Waals surface area contributed by atoms with Crippen molar-refractivity contribution in [3.63, 3.8) is 0 Å². The summed E-state index contributed by atoms with van der Waals surface area (Å²) in [4.78, 5) is 4.38. The Hall–Kier alpha value is -2.19. The Labute approximate surface area is 143 Å². The number of hydrogen-bond acceptors (Lipinski definition) is 5. The Morgan fingerprint density at radius 1 is 1.32 bits per heavy atom. The van der Waals surface area contributed by atoms with Gasteiger partial charge in [-0.05, 0) is 24.1 Å². The summed E-state index contributed by atoms with van der Waals surface area (Å²) in [6.07, 6.45) is 1.03. The lowest BCUT2D eigenvalue weighted by Crippen LogP contribution is -2.26. The second-order valence-electron chi connectivity index (χ2n) is 6.32. The minimum atomic E-state index is -3.58. The lowest BCUT2D eigenvalue weighted by Gasteiger charge is -2.18. The summed E-state index contributed by atoms with van der Waals surface area (Å²) in [5.41, 5.74) is 0.854. The first kappa shape index (κ1) is 16.3. The summed E-state index contributed by atoms with van der Waals surface area (Å²) in [7, 11) is 1.96. The quantitative estimate of drug-likeness (QED) is 0.897. The number of halogens is 2. The van der Waals surface area contributed by atoms with Crippen molar-refractivity contribution in [3.8, 4) is 11.5 Å². The van der Waals surface area contributed by atoms with Crippen molar-refractivity contribution in [1.82, 2.24) is 14.9 Å². The highest BCUT2D eigenvalue weighted by Crippen LogP contribution is 2.41. The molecule has 2 aliphatic heterocycles. The van der Waals surface area contributed by atoms with Crippen LogP contribution in [0.25, 0.3) is 0 Å². The lowest BCUT2D eigenvalue weighted by atomic mass is 10.0. The molecule has 25 heavy (non-hydrogen) atoms. The molecule has 1 N–H and O–H groups in total. The number of alkyl halides is 2. The van der Waals surface area contributed by atoms with Crippen LogP contribution in [0.5, 0.6) is 11.5 Å². The Morgan fingerprint density at radius 3 is 2.96 bits per heavy atom. The summed E-state index contributed by atoms with van der Waals surface area (Å²) in [5.74, 6) is 1.38. The summed E-state index contributed by atoms with van der Waals surface area (Å²) in [5, 5.41) is 3.37. The molecule has 0 radical (unpaired) electrons. The molecule has 8 heteroatoms. The molecule has 1 aromatic heterocycles. The molecular formula is C17H19F2N3O3. The molecule has 2 atom stereocenters. The van der Waals surface area contributed by atoms with Crippen LogP contribution in [0.1, 0.15) is 23.9 Å². The fourth-order valence-electron chi connectivity index (χ4n) is 3.28. The third-order valence-corrected chi connectivity index (χ3v) is 4.53. The van der Waals surface area contributed by atoms with Crippen molar-refractivity contribution in [2.45, 2.75) is 25.4 Å². The van der Waals surface area contributed by atoms with E-state index in [2.05, 4.69) is 19.8 Å². The molecule has 1 aromatic carbocycles. The third-order valence-electron chi connectivity index (χ3n) is 4.53. The van der Waals surface area contributed by atoms with E-state index in [0.29, 0.717) is 19.1 Å². The Kier molecular flexibility index (Phi) is 4.09. The van der Waals surface area contributed by atoms with Crippen molar-refractivity contribution in [2.75, 3.05) is 13.2 Å². The molecule has 0 spiro atoms. The lowest BCUT2D eigenvalue weighted by molar-refractivity contribution is -0.286. The molecular weight excluding hydrogens is 332 g/mol. The molecule has 0 unspecified atom stereocenters. The van der Waals surface area contributed by atoms with Gasteiger partial charge in [-0.25, -0.2) is 4.98 Å². The minimum absolute atomic E-state index is 0.0251. The number of benzene rings is 1. The molecule has 2 aromatic rings. The van der Waals surface area contributed by atoms with Gasteiger partial charge in [0.15, 0.2) is 11.5 Å². The number of rotatable bonds is 5. The van der Waals surface area contributed by atoms with Gasteiger partial charge in [0.2, 0.25) is 0 Å². The van der Waals surface area contributed by atoms with Gasteiger partial charge < -0.3 is 24.1 Å². The summed E-state index contributed by atoms with van der Waals surface area (Å²) in [6.45, 7) is 2.01. The average Bonchev–Trinajstić information content (AvgIpc) is 3.24. The molecule has 3 heterocycles. The van der Waals surface area contributed by atoms with E-state index in [0.717, 1.165) is 24.4 Å². The number of aryl methyl sites for hydroxylation is 1. The van der Waals surface area contributed by atoms with Gasteiger partial charge in [-0.15, -0.1) is 8.78 Å². The van der Waals surface area contributed by atoms with Crippen LogP contribution < -0.4 is 14.8 Å². The zero-order chi connectivity index (χ0) is 17.4. The van der Waals surface area contributed by atoms with Gasteiger partial charge in [-0.2, -0.15) is 0 Å². The van der Waals surface area contributed by atoms with Gasteiger partial charge >= 0.3 is 6.29 Å². The van der Waals surface area contributed by atoms with Crippen molar-refractivity contribution < 1.29 is 23.0 Å². The van der Waals surface area contributed by atoms with Gasteiger partial charge in [0.1, 0.15) is 11.9 Å². The van der Waals surface area contributed by atoms with Crippen molar-refractivity contribution in [3.05, 3.63) is 42.0 Å². The van der Waals surface area contributed by atoms with E-state index in [1.54, 1.807) is 18.3 Å². The van der Waals surface area contributed by atoms with Gasteiger partial charge in [0.25, 0.3) is 0 Å². The molecule has 6 nitrogen and oxygen atoms in total. The number of hydrogen-bond donors (Lipinski definition) is 1. The van der Waals surface area contributed by atoms with Gasteiger partial charge in [0.05, 0.1) is 0 Å². The van der Waals surface area contributed by atoms with Crippen molar-refractivity contribution >= 4 is 0 Å². The number of aromatic nitrogens is 2. The number of nitrogens with one attached hydrogen (secondary N) is 1. The van der Waals surface area contributed by atoms with Gasteiger partial charge in [-0.3, -0.25) is 0 Å². The van der Waals surface area contributed by atoms with Crippen LogP contribution in [-0.4, -0.2) is 29.0 Å². The summed E-state index contributed by atoms with van der Waals surface area (Å²) >= 11 is 0. The van der Waals surface area contributed by atoms with E-state index in [9.17, 15) is 8.78 Å². The SMILES string of the molecule is Cn1ccnc1[C@@H]1OCC[C@H]1CNCc1ccc2c(c1)OC(F)(F)O2. The molecule has 0 bridgehead atoms. The van der Waals surface area contributed by atoms with E-state index in [-0.39, 0.29) is 17.6 Å². The van der Waals surface area contributed by atoms with Crippen LogP contribution in [0.4, 0.5) is 8.78 Å². The highest BCUT2D eigenvalue weighted by Gasteiger charge is 2.43. The van der Waals surface area contributed by atoms with E-state index in [1.165, 1.54) is 6.07 Å². The van der Waals surface area contributed by atoms with E-state index in [4.69, 9.17) is 4.74 Å². The predicted octanol–water partition coefficient (Wildman–Crippen LogP) is 2.61. The maximum absolute atomic E-state index is 13.1. The maximum atomic E-state index is 13.1. The normalized spacial score (nSPS) is 24.0. The Balaban J connectivity index is 1.35. The molecule has 2 aliphatic rings. The van der Waals surface area contributed by atoms with Crippen LogP contribution in [0.2, 0.25) is 0 Å². The highest BCUT2D eigenvalue weighted by molar-refractivity contribution is 5.45. The van der Waals surface area contributed by atoms with Crippen LogP contribution in [0.3, 0.4) is 0 Å². The molecule has 0 amide bonds. The largest absolute Gasteiger partial charge is 0.586 e. The summed E-state index contributed by atoms with van der Waals surface area (Å²) < 4.78 is 42.8. The maximum Gasteiger partial charge on any atom is 0.586 e. The Bertz CT molecular complexity index is 765. The molecule has 1 saturated heterocycles. The van der Waals surface area contributed by atoms with Gasteiger partial charge in [-0.1, -0.05) is 6.07 Å². The topological polar surface area (TPSA) is 57.5 Å².